The highest BCUT2D eigenvalue weighted by molar-refractivity contribution is 6.08. The zero-order valence-electron chi connectivity index (χ0n) is 18.6. The van der Waals surface area contributed by atoms with Crippen molar-refractivity contribution in [2.24, 2.45) is 0 Å². The molecule has 1 aromatic heterocycles. The normalized spacial score (nSPS) is 11.0. The van der Waals surface area contributed by atoms with Gasteiger partial charge in [-0.15, -0.1) is 0 Å². The second-order valence-electron chi connectivity index (χ2n) is 6.07. The van der Waals surface area contributed by atoms with Gasteiger partial charge in [-0.2, -0.15) is 0 Å². The van der Waals surface area contributed by atoms with Crippen molar-refractivity contribution in [2.45, 2.75) is 38.8 Å². The van der Waals surface area contributed by atoms with Gasteiger partial charge in [0.15, 0.2) is 11.5 Å². The molecule has 0 aliphatic carbocycles. The molecule has 0 unspecified atom stereocenters. The molecular weight excluding hydrogens is 444 g/mol. The Labute approximate surface area is 189 Å². The van der Waals surface area contributed by atoms with Crippen LogP contribution in [0.5, 0.6) is 0 Å². The van der Waals surface area contributed by atoms with Crippen molar-refractivity contribution in [1.29, 1.82) is 0 Å². The van der Waals surface area contributed by atoms with E-state index in [1.807, 2.05) is 10.6 Å². The maximum Gasteiger partial charge on any atom is 0.351 e. The highest BCUT2D eigenvalue weighted by atomic mass is 16.6. The predicted molar refractivity (Wildman–Crippen MR) is 107 cm³/mol. The van der Waals surface area contributed by atoms with Crippen LogP contribution in [0.15, 0.2) is 16.5 Å². The average Bonchev–Trinajstić information content (AvgIpc) is 3.26. The van der Waals surface area contributed by atoms with E-state index in [4.69, 9.17) is 23.4 Å². The molecule has 1 aromatic rings. The Balaban J connectivity index is 3.84. The molecule has 0 aliphatic heterocycles. The Morgan fingerprint density at radius 3 is 1.18 bits per heavy atom. The molecular formula is C20H26N2O11. The van der Waals surface area contributed by atoms with E-state index in [0.29, 0.717) is 0 Å². The van der Waals surface area contributed by atoms with E-state index in [1.165, 1.54) is 27.7 Å². The Kier molecular flexibility index (Phi) is 10.0. The van der Waals surface area contributed by atoms with Gasteiger partial charge in [-0.3, -0.25) is 9.59 Å². The van der Waals surface area contributed by atoms with Gasteiger partial charge in [-0.25, -0.2) is 19.2 Å². The van der Waals surface area contributed by atoms with Crippen LogP contribution in [-0.4, -0.2) is 63.1 Å². The molecule has 0 fully saturated rings. The largest absolute Gasteiger partial charge is 0.463 e. The molecule has 1 heterocycles. The molecule has 0 radical (unpaired) electrons. The summed E-state index contributed by atoms with van der Waals surface area (Å²) in [5.74, 6) is -6.13. The third-order valence-electron chi connectivity index (χ3n) is 4.22. The average molecular weight is 470 g/mol. The molecule has 0 bridgehead atoms. The minimum absolute atomic E-state index is 0.0453. The number of rotatable bonds is 14. The molecule has 0 saturated carbocycles. The Morgan fingerprint density at radius 1 is 0.697 bits per heavy atom. The summed E-state index contributed by atoms with van der Waals surface area (Å²) in [5.41, 5.74) is -5.22. The Bertz CT molecular complexity index is 773. The maximum atomic E-state index is 12.8. The van der Waals surface area contributed by atoms with Crippen LogP contribution < -0.4 is 10.6 Å². The third kappa shape index (κ3) is 5.13. The van der Waals surface area contributed by atoms with E-state index in [0.717, 1.165) is 12.1 Å². The number of nitrogens with one attached hydrogen (secondary N) is 2. The third-order valence-corrected chi connectivity index (χ3v) is 4.22. The van der Waals surface area contributed by atoms with Gasteiger partial charge in [0.2, 0.25) is 12.8 Å². The summed E-state index contributed by atoms with van der Waals surface area (Å²) in [6, 6.07) is 2.05. The first-order chi connectivity index (χ1) is 15.8. The molecule has 2 N–H and O–H groups in total. The van der Waals surface area contributed by atoms with Crippen molar-refractivity contribution >= 4 is 36.7 Å². The monoisotopic (exact) mass is 470 g/mol. The van der Waals surface area contributed by atoms with Crippen LogP contribution in [0.3, 0.4) is 0 Å². The summed E-state index contributed by atoms with van der Waals surface area (Å²) in [4.78, 5) is 73.7. The molecule has 182 valence electrons. The lowest BCUT2D eigenvalue weighted by molar-refractivity contribution is -0.169. The highest BCUT2D eigenvalue weighted by Crippen LogP contribution is 2.33. The Hall–Kier alpha value is -3.90. The fourth-order valence-electron chi connectivity index (χ4n) is 2.82. The van der Waals surface area contributed by atoms with Crippen LogP contribution in [0.1, 0.15) is 39.2 Å². The van der Waals surface area contributed by atoms with Gasteiger partial charge >= 0.3 is 23.9 Å². The van der Waals surface area contributed by atoms with E-state index < -0.39 is 46.5 Å². The van der Waals surface area contributed by atoms with E-state index >= 15 is 0 Å². The number of hydrogen-bond donors (Lipinski definition) is 2. The first-order valence-electron chi connectivity index (χ1n) is 9.98. The SMILES string of the molecule is CCOC(=O)C(NC=O)(C(=O)OCC)c1ccc(C(NC=O)(C(=O)OCC)C(=O)OCC)o1. The smallest absolute Gasteiger partial charge is 0.351 e. The summed E-state index contributed by atoms with van der Waals surface area (Å²) in [6.07, 6.45) is 0.0906. The second kappa shape index (κ2) is 12.2. The summed E-state index contributed by atoms with van der Waals surface area (Å²) in [7, 11) is 0. The first kappa shape index (κ1) is 27.1. The zero-order chi connectivity index (χ0) is 25.1. The van der Waals surface area contributed by atoms with Gasteiger partial charge in [0, 0.05) is 0 Å². The second-order valence-corrected chi connectivity index (χ2v) is 6.07. The predicted octanol–water partition coefficient (Wildman–Crippen LogP) is -0.585. The minimum Gasteiger partial charge on any atom is -0.463 e. The fraction of sp³-hybridized carbons (Fsp3) is 0.500. The molecule has 0 atom stereocenters. The van der Waals surface area contributed by atoms with Crippen LogP contribution in [0, 0.1) is 0 Å². The summed E-state index contributed by atoms with van der Waals surface area (Å²) in [5, 5.41) is 4.08. The van der Waals surface area contributed by atoms with Gasteiger partial charge in [-0.05, 0) is 39.8 Å². The first-order valence-corrected chi connectivity index (χ1v) is 9.98. The number of esters is 4. The van der Waals surface area contributed by atoms with E-state index in [1.54, 1.807) is 0 Å². The van der Waals surface area contributed by atoms with Crippen LogP contribution >= 0.6 is 0 Å². The fourth-order valence-corrected chi connectivity index (χ4v) is 2.82. The van der Waals surface area contributed by atoms with E-state index in [9.17, 15) is 28.8 Å². The van der Waals surface area contributed by atoms with Gasteiger partial charge in [0.25, 0.3) is 11.1 Å². The highest BCUT2D eigenvalue weighted by Gasteiger charge is 2.57. The number of carbonyl (C=O) groups is 6. The van der Waals surface area contributed by atoms with Crippen molar-refractivity contribution in [3.05, 3.63) is 23.7 Å². The van der Waals surface area contributed by atoms with Crippen LogP contribution in [0.2, 0.25) is 0 Å². The lowest BCUT2D eigenvalue weighted by Gasteiger charge is -2.28. The minimum atomic E-state index is -2.61. The molecule has 2 amide bonds. The van der Waals surface area contributed by atoms with Crippen molar-refractivity contribution in [2.75, 3.05) is 26.4 Å². The van der Waals surface area contributed by atoms with Gasteiger partial charge in [0.1, 0.15) is 0 Å². The number of ether oxygens (including phenoxy) is 4. The van der Waals surface area contributed by atoms with E-state index in [-0.39, 0.29) is 39.2 Å². The molecule has 1 rings (SSSR count). The molecule has 0 aliphatic rings. The van der Waals surface area contributed by atoms with Crippen LogP contribution in [0.25, 0.3) is 0 Å². The molecule has 0 saturated heterocycles. The number of carbonyl (C=O) groups excluding carboxylic acids is 6. The Morgan fingerprint density at radius 2 is 0.970 bits per heavy atom. The van der Waals surface area contributed by atoms with Gasteiger partial charge in [0.05, 0.1) is 26.4 Å². The summed E-state index contributed by atoms with van der Waals surface area (Å²) >= 11 is 0. The lowest BCUT2D eigenvalue weighted by Crippen LogP contribution is -2.57. The number of furan rings is 1. The van der Waals surface area contributed by atoms with Crippen molar-refractivity contribution in [3.8, 4) is 0 Å². The van der Waals surface area contributed by atoms with Crippen molar-refractivity contribution in [1.82, 2.24) is 10.6 Å². The number of amides is 2. The maximum absolute atomic E-state index is 12.8. The molecule has 13 nitrogen and oxygen atoms in total. The van der Waals surface area contributed by atoms with E-state index in [2.05, 4.69) is 0 Å². The standard InChI is InChI=1S/C20H26N2O11/c1-5-29-15(25)19(21-11-23,16(26)30-6-2)13-9-10-14(33-13)20(22-12-24,17(27)31-7-3)18(28)32-8-4/h9-12H,5-8H2,1-4H3,(H,21,23)(H,22,24). The summed E-state index contributed by atoms with van der Waals surface area (Å²) < 4.78 is 25.2. The summed E-state index contributed by atoms with van der Waals surface area (Å²) in [6.45, 7) is 5.16. The quantitative estimate of drug-likeness (QED) is 0.154. The molecule has 0 spiro atoms. The molecule has 33 heavy (non-hydrogen) atoms. The molecule has 13 heteroatoms. The lowest BCUT2D eigenvalue weighted by atomic mass is 9.95. The van der Waals surface area contributed by atoms with Crippen LogP contribution in [0.4, 0.5) is 0 Å². The topological polar surface area (TPSA) is 177 Å². The molecule has 0 aromatic carbocycles. The van der Waals surface area contributed by atoms with Gasteiger partial charge < -0.3 is 34.0 Å². The van der Waals surface area contributed by atoms with Crippen molar-refractivity contribution < 1.29 is 52.1 Å². The van der Waals surface area contributed by atoms with Crippen LogP contribution in [-0.2, 0) is 58.8 Å². The van der Waals surface area contributed by atoms with Crippen molar-refractivity contribution in [3.63, 3.8) is 0 Å². The number of hydrogen-bond acceptors (Lipinski definition) is 11. The van der Waals surface area contributed by atoms with Gasteiger partial charge in [-0.1, -0.05) is 0 Å². The zero-order valence-corrected chi connectivity index (χ0v) is 18.6.